The van der Waals surface area contributed by atoms with Gasteiger partial charge >= 0.3 is 5.97 Å². The minimum atomic E-state index is -1.30. The molecule has 4 aromatic carbocycles. The number of aromatic amines is 2. The SMILES string of the molecule is [C-]#[N+]/C(=C\c1cc2[nH]c1c(-c1ccccc1)c1nc(c(-c3ccccc3)c3ccc([nH]3)c(-c3ccccc3)c3nc(c2-c2ccccc2)C=C3)C=C1)C(=O)O. The van der Waals surface area contributed by atoms with E-state index in [1.165, 1.54) is 6.08 Å². The lowest BCUT2D eigenvalue weighted by atomic mass is 10.0. The molecule has 0 saturated heterocycles. The highest BCUT2D eigenvalue weighted by Crippen LogP contribution is 2.39. The molecular weight excluding hydrogens is 679 g/mol. The van der Waals surface area contributed by atoms with Crippen molar-refractivity contribution >= 4 is 58.4 Å². The molecule has 0 fully saturated rings. The second kappa shape index (κ2) is 14.0. The predicted molar refractivity (Wildman–Crippen MR) is 223 cm³/mol. The molecule has 0 radical (unpaired) electrons. The average Bonchev–Trinajstić information content (AvgIpc) is 4.06. The van der Waals surface area contributed by atoms with Crippen LogP contribution in [0.5, 0.6) is 0 Å². The van der Waals surface area contributed by atoms with Crippen LogP contribution in [0.15, 0.2) is 145 Å². The molecule has 3 N–H and O–H groups in total. The standard InChI is InChI=1S/C48H31N5O2/c1-49-42(48(54)55)29-34-28-41-45(32-18-10-4-11-19-32)39-25-24-37(51-39)43(30-14-6-2-7-15-30)35-22-23-36(50-35)44(31-16-8-3-9-17-31)38-26-27-40(52-38)46(47(34)53-41)33-20-12-5-13-21-33/h2-29,50,53H,(H,54,55)/b42-29-,43-35?,43-37?,44-36?,44-38?,45-39?,45-41?,46-40?,47-46?. The van der Waals surface area contributed by atoms with Gasteiger partial charge in [-0.3, -0.25) is 4.79 Å². The Morgan fingerprint density at radius 2 is 0.909 bits per heavy atom. The van der Waals surface area contributed by atoms with Gasteiger partial charge in [-0.15, -0.1) is 0 Å². The molecule has 5 heterocycles. The number of hydrogen-bond donors (Lipinski definition) is 3. The van der Waals surface area contributed by atoms with E-state index in [4.69, 9.17) is 16.5 Å². The summed E-state index contributed by atoms with van der Waals surface area (Å²) in [5.74, 6) is -1.30. The van der Waals surface area contributed by atoms with Crippen molar-refractivity contribution in [1.29, 1.82) is 0 Å². The molecule has 7 nitrogen and oxygen atoms in total. The Hall–Kier alpha value is -7.82. The Bertz CT molecular complexity index is 2930. The van der Waals surface area contributed by atoms with E-state index in [9.17, 15) is 9.90 Å². The zero-order chi connectivity index (χ0) is 37.3. The number of H-pyrrole nitrogens is 2. The molecule has 7 heteroatoms. The fraction of sp³-hybridized carbons (Fsp3) is 0. The number of rotatable bonds is 6. The van der Waals surface area contributed by atoms with Crippen molar-refractivity contribution in [2.24, 2.45) is 0 Å². The van der Waals surface area contributed by atoms with Gasteiger partial charge in [0.05, 0.1) is 34.9 Å². The van der Waals surface area contributed by atoms with Gasteiger partial charge in [-0.25, -0.2) is 14.8 Å². The summed E-state index contributed by atoms with van der Waals surface area (Å²) in [5.41, 5.74) is 13.5. The average molecular weight is 710 g/mol. The molecule has 55 heavy (non-hydrogen) atoms. The fourth-order valence-electron chi connectivity index (χ4n) is 7.35. The van der Waals surface area contributed by atoms with Gasteiger partial charge < -0.3 is 15.1 Å². The number of carbonyl (C=O) groups is 1. The molecular formula is C48H31N5O2. The van der Waals surface area contributed by atoms with Crippen LogP contribution < -0.4 is 0 Å². The molecule has 2 aliphatic rings. The van der Waals surface area contributed by atoms with E-state index in [0.29, 0.717) is 22.3 Å². The summed E-state index contributed by atoms with van der Waals surface area (Å²) < 4.78 is 0. The van der Waals surface area contributed by atoms with Gasteiger partial charge in [-0.05, 0) is 76.4 Å². The van der Waals surface area contributed by atoms with Crippen molar-refractivity contribution in [3.05, 3.63) is 185 Å². The first-order valence-corrected chi connectivity index (χ1v) is 17.8. The van der Waals surface area contributed by atoms with E-state index in [1.54, 1.807) is 0 Å². The number of aromatic nitrogens is 4. The van der Waals surface area contributed by atoms with Crippen molar-refractivity contribution in [2.45, 2.75) is 0 Å². The number of benzene rings is 4. The number of nitrogens with one attached hydrogen (secondary N) is 2. The van der Waals surface area contributed by atoms with Crippen molar-refractivity contribution in [3.63, 3.8) is 0 Å². The molecule has 0 saturated carbocycles. The van der Waals surface area contributed by atoms with Crippen LogP contribution in [0.1, 0.15) is 28.3 Å². The molecule has 0 amide bonds. The highest BCUT2D eigenvalue weighted by Gasteiger charge is 2.21. The molecule has 2 aliphatic heterocycles. The van der Waals surface area contributed by atoms with Crippen LogP contribution in [0.2, 0.25) is 0 Å². The lowest BCUT2D eigenvalue weighted by Gasteiger charge is -2.07. The maximum absolute atomic E-state index is 12.3. The maximum Gasteiger partial charge on any atom is 0.333 e. The second-order valence-electron chi connectivity index (χ2n) is 13.1. The molecule has 0 unspecified atom stereocenters. The van der Waals surface area contributed by atoms with Crippen molar-refractivity contribution < 1.29 is 9.90 Å². The third-order valence-corrected chi connectivity index (χ3v) is 9.78. The van der Waals surface area contributed by atoms with E-state index in [-0.39, 0.29) is 0 Å². The van der Waals surface area contributed by atoms with Crippen LogP contribution in [0.4, 0.5) is 0 Å². The van der Waals surface area contributed by atoms with Gasteiger partial charge in [0, 0.05) is 38.8 Å². The maximum atomic E-state index is 12.3. The van der Waals surface area contributed by atoms with E-state index < -0.39 is 11.7 Å². The van der Waals surface area contributed by atoms with E-state index in [1.807, 2.05) is 127 Å². The molecule has 0 atom stereocenters. The van der Waals surface area contributed by atoms with E-state index in [2.05, 4.69) is 51.2 Å². The Kier molecular flexibility index (Phi) is 8.39. The lowest BCUT2D eigenvalue weighted by Crippen LogP contribution is -1.95. The zero-order valence-electron chi connectivity index (χ0n) is 29.4. The smallest absolute Gasteiger partial charge is 0.333 e. The van der Waals surface area contributed by atoms with Gasteiger partial charge in [0.15, 0.2) is 0 Å². The summed E-state index contributed by atoms with van der Waals surface area (Å²) >= 11 is 0. The van der Waals surface area contributed by atoms with Crippen LogP contribution >= 0.6 is 0 Å². The van der Waals surface area contributed by atoms with Crippen molar-refractivity contribution in [1.82, 2.24) is 19.9 Å². The Labute approximate surface area is 316 Å². The third kappa shape index (κ3) is 6.14. The number of carboxylic acid groups (broad SMARTS) is 1. The summed E-state index contributed by atoms with van der Waals surface area (Å²) in [6, 6.07) is 46.4. The predicted octanol–water partition coefficient (Wildman–Crippen LogP) is 11.7. The molecule has 0 spiro atoms. The van der Waals surface area contributed by atoms with Crippen LogP contribution in [0.3, 0.4) is 0 Å². The first-order valence-electron chi connectivity index (χ1n) is 17.8. The Morgan fingerprint density at radius 3 is 1.31 bits per heavy atom. The molecule has 8 bridgehead atoms. The van der Waals surface area contributed by atoms with Gasteiger partial charge in [0.1, 0.15) is 0 Å². The number of nitrogens with zero attached hydrogens (tertiary/aromatic N) is 3. The molecule has 0 aliphatic carbocycles. The molecule has 9 rings (SSSR count). The summed E-state index contributed by atoms with van der Waals surface area (Å²) in [5, 5.41) is 10.0. The van der Waals surface area contributed by atoms with E-state index >= 15 is 0 Å². The van der Waals surface area contributed by atoms with Gasteiger partial charge in [-0.1, -0.05) is 121 Å². The number of fused-ring (bicyclic) bond motifs is 8. The summed E-state index contributed by atoms with van der Waals surface area (Å²) in [6.07, 6.45) is 9.51. The largest absolute Gasteiger partial charge is 0.486 e. The second-order valence-corrected chi connectivity index (χ2v) is 13.1. The number of aliphatic carboxylic acids is 1. The number of hydrogen-bond acceptors (Lipinski definition) is 3. The van der Waals surface area contributed by atoms with Gasteiger partial charge in [0.25, 0.3) is 5.70 Å². The highest BCUT2D eigenvalue weighted by atomic mass is 16.4. The Morgan fingerprint density at radius 1 is 0.527 bits per heavy atom. The number of carboxylic acids is 1. The van der Waals surface area contributed by atoms with Crippen LogP contribution in [-0.4, -0.2) is 31.0 Å². The first kappa shape index (κ1) is 33.0. The van der Waals surface area contributed by atoms with Crippen molar-refractivity contribution in [3.8, 4) is 44.5 Å². The van der Waals surface area contributed by atoms with Crippen LogP contribution in [0, 0.1) is 6.57 Å². The zero-order valence-corrected chi connectivity index (χ0v) is 29.4. The van der Waals surface area contributed by atoms with Gasteiger partial charge in [-0.2, -0.15) is 0 Å². The monoisotopic (exact) mass is 709 g/mol. The van der Waals surface area contributed by atoms with Crippen LogP contribution in [-0.2, 0) is 4.79 Å². The van der Waals surface area contributed by atoms with Crippen LogP contribution in [0.25, 0.3) is 102 Å². The quantitative estimate of drug-likeness (QED) is 0.118. The summed E-state index contributed by atoms with van der Waals surface area (Å²) in [4.78, 5) is 33.8. The van der Waals surface area contributed by atoms with Gasteiger partial charge in [0.2, 0.25) is 0 Å². The van der Waals surface area contributed by atoms with E-state index in [0.717, 1.165) is 72.6 Å². The fourth-order valence-corrected chi connectivity index (χ4v) is 7.35. The minimum absolute atomic E-state index is 0.402. The first-order chi connectivity index (χ1) is 27.1. The summed E-state index contributed by atoms with van der Waals surface area (Å²) in [7, 11) is 0. The highest BCUT2D eigenvalue weighted by molar-refractivity contribution is 6.04. The lowest BCUT2D eigenvalue weighted by molar-refractivity contribution is -0.132. The topological polar surface area (TPSA) is 99.0 Å². The summed E-state index contributed by atoms with van der Waals surface area (Å²) in [6.45, 7) is 7.73. The van der Waals surface area contributed by atoms with Crippen molar-refractivity contribution in [2.75, 3.05) is 0 Å². The molecule has 3 aromatic heterocycles. The minimum Gasteiger partial charge on any atom is -0.486 e. The normalized spacial score (nSPS) is 12.1. The molecule has 7 aromatic rings. The Balaban J connectivity index is 1.54. The molecule has 260 valence electrons. The third-order valence-electron chi connectivity index (χ3n) is 9.78.